The number of hydrogen-bond donors (Lipinski definition) is 1. The van der Waals surface area contributed by atoms with Gasteiger partial charge in [0.05, 0.1) is 0 Å². The minimum atomic E-state index is 0.937. The van der Waals surface area contributed by atoms with E-state index in [4.69, 9.17) is 0 Å². The molecule has 0 aliphatic carbocycles. The standard InChI is InChI=1S/C17H17N3S/c1-18-15-7-4-5-13(16(15)17-20-11-12-21-17)8-9-14-6-2-3-10-19-14/h2-7,10-12,18H,8-9H2,1H3. The van der Waals surface area contributed by atoms with Crippen molar-refractivity contribution in [1.29, 1.82) is 0 Å². The summed E-state index contributed by atoms with van der Waals surface area (Å²) in [7, 11) is 1.95. The number of thiazole rings is 1. The molecule has 0 saturated heterocycles. The molecule has 0 radical (unpaired) electrons. The van der Waals surface area contributed by atoms with E-state index in [1.807, 2.05) is 37.0 Å². The zero-order valence-electron chi connectivity index (χ0n) is 11.9. The Morgan fingerprint density at radius 2 is 1.95 bits per heavy atom. The zero-order valence-corrected chi connectivity index (χ0v) is 12.7. The molecule has 0 atom stereocenters. The third-order valence-corrected chi connectivity index (χ3v) is 4.23. The number of pyridine rings is 1. The number of rotatable bonds is 5. The Balaban J connectivity index is 1.91. The van der Waals surface area contributed by atoms with Crippen LogP contribution in [0.4, 0.5) is 5.69 Å². The van der Waals surface area contributed by atoms with Gasteiger partial charge in [-0.15, -0.1) is 11.3 Å². The van der Waals surface area contributed by atoms with Gasteiger partial charge in [-0.3, -0.25) is 4.98 Å². The van der Waals surface area contributed by atoms with Crippen molar-refractivity contribution in [3.05, 3.63) is 65.4 Å². The van der Waals surface area contributed by atoms with Crippen molar-refractivity contribution < 1.29 is 0 Å². The van der Waals surface area contributed by atoms with Crippen LogP contribution in [0, 0.1) is 0 Å². The third kappa shape index (κ3) is 3.11. The SMILES string of the molecule is CNc1cccc(CCc2ccccn2)c1-c1nccs1. The van der Waals surface area contributed by atoms with Gasteiger partial charge in [0, 0.05) is 41.8 Å². The fourth-order valence-corrected chi connectivity index (χ4v) is 3.16. The van der Waals surface area contributed by atoms with E-state index in [1.165, 1.54) is 11.1 Å². The number of anilines is 1. The van der Waals surface area contributed by atoms with Gasteiger partial charge in [-0.05, 0) is 36.6 Å². The second-order valence-corrected chi connectivity index (χ2v) is 5.64. The number of nitrogens with one attached hydrogen (secondary N) is 1. The maximum atomic E-state index is 4.47. The quantitative estimate of drug-likeness (QED) is 0.772. The van der Waals surface area contributed by atoms with Crippen molar-refractivity contribution in [2.24, 2.45) is 0 Å². The Kier molecular flexibility index (Phi) is 4.26. The number of benzene rings is 1. The molecule has 0 saturated carbocycles. The van der Waals surface area contributed by atoms with Crippen LogP contribution in [0.25, 0.3) is 10.6 Å². The van der Waals surface area contributed by atoms with Crippen molar-refractivity contribution >= 4 is 17.0 Å². The van der Waals surface area contributed by atoms with Gasteiger partial charge in [0.25, 0.3) is 0 Å². The van der Waals surface area contributed by atoms with Crippen LogP contribution < -0.4 is 5.32 Å². The van der Waals surface area contributed by atoms with Crippen LogP contribution in [0.15, 0.2) is 54.2 Å². The molecule has 3 rings (SSSR count). The van der Waals surface area contributed by atoms with E-state index in [-0.39, 0.29) is 0 Å². The van der Waals surface area contributed by atoms with Crippen molar-refractivity contribution in [3.63, 3.8) is 0 Å². The Bertz CT molecular complexity index is 693. The molecule has 1 N–H and O–H groups in total. The molecule has 3 nitrogen and oxygen atoms in total. The molecule has 0 amide bonds. The average molecular weight is 295 g/mol. The van der Waals surface area contributed by atoms with Gasteiger partial charge in [0.1, 0.15) is 5.01 Å². The summed E-state index contributed by atoms with van der Waals surface area (Å²) in [6.07, 6.45) is 5.60. The van der Waals surface area contributed by atoms with E-state index in [2.05, 4.69) is 39.6 Å². The molecule has 0 aliphatic rings. The Hall–Kier alpha value is -2.20. The summed E-state index contributed by atoms with van der Waals surface area (Å²) in [6.45, 7) is 0. The first-order chi connectivity index (χ1) is 10.4. The average Bonchev–Trinajstić information content (AvgIpc) is 3.07. The summed E-state index contributed by atoms with van der Waals surface area (Å²) in [5.74, 6) is 0. The molecule has 2 heterocycles. The summed E-state index contributed by atoms with van der Waals surface area (Å²) in [5, 5.41) is 6.36. The summed E-state index contributed by atoms with van der Waals surface area (Å²) >= 11 is 1.67. The number of aromatic nitrogens is 2. The molecule has 106 valence electrons. The molecule has 0 aliphatic heterocycles. The van der Waals surface area contributed by atoms with E-state index in [1.54, 1.807) is 11.3 Å². The number of hydrogen-bond acceptors (Lipinski definition) is 4. The predicted molar refractivity (Wildman–Crippen MR) is 88.7 cm³/mol. The highest BCUT2D eigenvalue weighted by Crippen LogP contribution is 2.33. The Morgan fingerprint density at radius 3 is 2.67 bits per heavy atom. The molecule has 1 aromatic carbocycles. The van der Waals surface area contributed by atoms with E-state index in [9.17, 15) is 0 Å². The van der Waals surface area contributed by atoms with Crippen molar-refractivity contribution in [2.75, 3.05) is 12.4 Å². The number of aryl methyl sites for hydroxylation is 2. The topological polar surface area (TPSA) is 37.8 Å². The Labute approximate surface area is 128 Å². The van der Waals surface area contributed by atoms with Gasteiger partial charge in [-0.1, -0.05) is 18.2 Å². The molecule has 4 heteroatoms. The van der Waals surface area contributed by atoms with Gasteiger partial charge in [-0.2, -0.15) is 0 Å². The predicted octanol–water partition coefficient (Wildman–Crippen LogP) is 4.03. The molecule has 21 heavy (non-hydrogen) atoms. The van der Waals surface area contributed by atoms with Crippen LogP contribution in [-0.2, 0) is 12.8 Å². The first kappa shape index (κ1) is 13.8. The number of nitrogens with zero attached hydrogens (tertiary/aromatic N) is 2. The first-order valence-electron chi connectivity index (χ1n) is 6.98. The monoisotopic (exact) mass is 295 g/mol. The second kappa shape index (κ2) is 6.50. The van der Waals surface area contributed by atoms with Gasteiger partial charge in [0.15, 0.2) is 0 Å². The van der Waals surface area contributed by atoms with Crippen LogP contribution >= 0.6 is 11.3 Å². The molecule has 0 fully saturated rings. The van der Waals surface area contributed by atoms with Gasteiger partial charge < -0.3 is 5.32 Å². The minimum Gasteiger partial charge on any atom is -0.388 e. The van der Waals surface area contributed by atoms with Crippen LogP contribution in [0.5, 0.6) is 0 Å². The van der Waals surface area contributed by atoms with Gasteiger partial charge in [0.2, 0.25) is 0 Å². The second-order valence-electron chi connectivity index (χ2n) is 4.75. The normalized spacial score (nSPS) is 10.5. The van der Waals surface area contributed by atoms with Crippen LogP contribution in [0.1, 0.15) is 11.3 Å². The fraction of sp³-hybridized carbons (Fsp3) is 0.176. The highest BCUT2D eigenvalue weighted by molar-refractivity contribution is 7.13. The molecular formula is C17H17N3S. The highest BCUT2D eigenvalue weighted by Gasteiger charge is 2.12. The molecule has 0 spiro atoms. The van der Waals surface area contributed by atoms with E-state index >= 15 is 0 Å². The minimum absolute atomic E-state index is 0.937. The van der Waals surface area contributed by atoms with Crippen molar-refractivity contribution in [1.82, 2.24) is 9.97 Å². The maximum Gasteiger partial charge on any atom is 0.125 e. The van der Waals surface area contributed by atoms with Crippen LogP contribution in [0.3, 0.4) is 0 Å². The molecule has 2 aromatic heterocycles. The first-order valence-corrected chi connectivity index (χ1v) is 7.86. The largest absolute Gasteiger partial charge is 0.388 e. The summed E-state index contributed by atoms with van der Waals surface area (Å²) < 4.78 is 0. The lowest BCUT2D eigenvalue weighted by Crippen LogP contribution is -1.99. The van der Waals surface area contributed by atoms with Gasteiger partial charge in [-0.25, -0.2) is 4.98 Å². The van der Waals surface area contributed by atoms with Crippen LogP contribution in [0.2, 0.25) is 0 Å². The smallest absolute Gasteiger partial charge is 0.125 e. The fourth-order valence-electron chi connectivity index (χ4n) is 2.43. The lowest BCUT2D eigenvalue weighted by Gasteiger charge is -2.12. The van der Waals surface area contributed by atoms with E-state index in [0.717, 1.165) is 29.2 Å². The lowest BCUT2D eigenvalue weighted by molar-refractivity contribution is 0.915. The Morgan fingerprint density at radius 1 is 1.00 bits per heavy atom. The molecule has 0 unspecified atom stereocenters. The summed E-state index contributed by atoms with van der Waals surface area (Å²) in [6, 6.07) is 12.4. The van der Waals surface area contributed by atoms with E-state index in [0.29, 0.717) is 0 Å². The third-order valence-electron chi connectivity index (χ3n) is 3.44. The summed E-state index contributed by atoms with van der Waals surface area (Å²) in [5.41, 5.74) is 4.77. The molecule has 0 bridgehead atoms. The summed E-state index contributed by atoms with van der Waals surface area (Å²) in [4.78, 5) is 8.87. The molecule has 3 aromatic rings. The van der Waals surface area contributed by atoms with Gasteiger partial charge >= 0.3 is 0 Å². The molecular weight excluding hydrogens is 278 g/mol. The van der Waals surface area contributed by atoms with Crippen LogP contribution in [-0.4, -0.2) is 17.0 Å². The van der Waals surface area contributed by atoms with Crippen molar-refractivity contribution in [3.8, 4) is 10.6 Å². The van der Waals surface area contributed by atoms with Crippen molar-refractivity contribution in [2.45, 2.75) is 12.8 Å². The lowest BCUT2D eigenvalue weighted by atomic mass is 10.00. The van der Waals surface area contributed by atoms with E-state index < -0.39 is 0 Å². The maximum absolute atomic E-state index is 4.47. The highest BCUT2D eigenvalue weighted by atomic mass is 32.1. The zero-order chi connectivity index (χ0) is 14.5.